The summed E-state index contributed by atoms with van der Waals surface area (Å²) in [6.45, 7) is 1.59. The molecule has 2 aromatic rings. The smallest absolute Gasteiger partial charge is 0.127 e. The number of nitrogens with zero attached hydrogens (tertiary/aromatic N) is 1. The lowest BCUT2D eigenvalue weighted by Crippen LogP contribution is -2.23. The molecule has 21 heavy (non-hydrogen) atoms. The van der Waals surface area contributed by atoms with Crippen molar-refractivity contribution in [2.75, 3.05) is 13.6 Å². The topological polar surface area (TPSA) is 29.3 Å². The van der Waals surface area contributed by atoms with Crippen LogP contribution in [-0.2, 0) is 6.54 Å². The van der Waals surface area contributed by atoms with Crippen molar-refractivity contribution in [2.45, 2.75) is 19.0 Å². The molecular weight excluding hydrogens is 287 g/mol. The van der Waals surface area contributed by atoms with Crippen LogP contribution in [0.25, 0.3) is 0 Å². The van der Waals surface area contributed by atoms with Crippen molar-refractivity contribution >= 4 is 11.6 Å². The number of nitrogens with two attached hydrogens (primary N) is 1. The fourth-order valence-electron chi connectivity index (χ4n) is 2.32. The second-order valence-electron chi connectivity index (χ2n) is 5.28. The van der Waals surface area contributed by atoms with Crippen LogP contribution in [-0.4, -0.2) is 18.5 Å². The fraction of sp³-hybridized carbons (Fsp3) is 0.294. The Morgan fingerprint density at radius 1 is 1.19 bits per heavy atom. The maximum Gasteiger partial charge on any atom is 0.127 e. The SMILES string of the molecule is CN(CCC(N)c1ccccc1F)Cc1cccc(Cl)c1. The molecule has 0 saturated carbocycles. The largest absolute Gasteiger partial charge is 0.324 e. The Hall–Kier alpha value is -1.42. The zero-order chi connectivity index (χ0) is 15.2. The van der Waals surface area contributed by atoms with Gasteiger partial charge in [0.1, 0.15) is 5.82 Å². The summed E-state index contributed by atoms with van der Waals surface area (Å²) < 4.78 is 13.6. The van der Waals surface area contributed by atoms with E-state index in [1.807, 2.05) is 37.4 Å². The Morgan fingerprint density at radius 3 is 2.67 bits per heavy atom. The van der Waals surface area contributed by atoms with E-state index in [1.165, 1.54) is 6.07 Å². The van der Waals surface area contributed by atoms with Gasteiger partial charge < -0.3 is 10.6 Å². The van der Waals surface area contributed by atoms with Crippen LogP contribution >= 0.6 is 11.6 Å². The Kier molecular flexibility index (Phi) is 5.74. The van der Waals surface area contributed by atoms with Gasteiger partial charge in [-0.2, -0.15) is 0 Å². The zero-order valence-corrected chi connectivity index (χ0v) is 12.9. The van der Waals surface area contributed by atoms with Crippen molar-refractivity contribution in [1.82, 2.24) is 4.90 Å². The standard InChI is InChI=1S/C17H20ClFN2/c1-21(12-13-5-4-6-14(18)11-13)10-9-17(20)15-7-2-3-8-16(15)19/h2-8,11,17H,9-10,12,20H2,1H3. The number of hydrogen-bond acceptors (Lipinski definition) is 2. The van der Waals surface area contributed by atoms with Crippen LogP contribution in [0.5, 0.6) is 0 Å². The van der Waals surface area contributed by atoms with Crippen molar-refractivity contribution in [3.05, 3.63) is 70.5 Å². The summed E-state index contributed by atoms with van der Waals surface area (Å²) in [5.74, 6) is -0.234. The van der Waals surface area contributed by atoms with Crippen LogP contribution in [0.15, 0.2) is 48.5 Å². The Balaban J connectivity index is 1.86. The highest BCUT2D eigenvalue weighted by Gasteiger charge is 2.11. The third kappa shape index (κ3) is 4.81. The molecule has 112 valence electrons. The molecule has 0 spiro atoms. The molecule has 2 rings (SSSR count). The van der Waals surface area contributed by atoms with E-state index in [0.717, 1.165) is 23.7 Å². The molecule has 0 saturated heterocycles. The normalized spacial score (nSPS) is 12.6. The van der Waals surface area contributed by atoms with Gasteiger partial charge in [-0.25, -0.2) is 4.39 Å². The molecule has 0 aliphatic heterocycles. The van der Waals surface area contributed by atoms with Crippen molar-refractivity contribution < 1.29 is 4.39 Å². The second-order valence-corrected chi connectivity index (χ2v) is 5.72. The number of benzene rings is 2. The van der Waals surface area contributed by atoms with Gasteiger partial charge in [-0.3, -0.25) is 0 Å². The van der Waals surface area contributed by atoms with E-state index in [4.69, 9.17) is 17.3 Å². The minimum Gasteiger partial charge on any atom is -0.324 e. The molecule has 0 aromatic heterocycles. The third-order valence-electron chi connectivity index (χ3n) is 3.47. The highest BCUT2D eigenvalue weighted by atomic mass is 35.5. The van der Waals surface area contributed by atoms with Gasteiger partial charge in [-0.15, -0.1) is 0 Å². The van der Waals surface area contributed by atoms with E-state index in [1.54, 1.807) is 12.1 Å². The first-order chi connectivity index (χ1) is 10.1. The number of hydrogen-bond donors (Lipinski definition) is 1. The molecular formula is C17H20ClFN2. The molecule has 0 fully saturated rings. The molecule has 2 nitrogen and oxygen atoms in total. The lowest BCUT2D eigenvalue weighted by atomic mass is 10.0. The highest BCUT2D eigenvalue weighted by Crippen LogP contribution is 2.18. The summed E-state index contributed by atoms with van der Waals surface area (Å²) in [4.78, 5) is 2.16. The van der Waals surface area contributed by atoms with Gasteiger partial charge in [0.25, 0.3) is 0 Å². The van der Waals surface area contributed by atoms with Crippen LogP contribution in [0.1, 0.15) is 23.6 Å². The first kappa shape index (κ1) is 16.0. The minimum atomic E-state index is -0.284. The maximum absolute atomic E-state index is 13.6. The van der Waals surface area contributed by atoms with Crippen LogP contribution < -0.4 is 5.73 Å². The molecule has 0 aliphatic rings. The minimum absolute atomic E-state index is 0.234. The second kappa shape index (κ2) is 7.55. The van der Waals surface area contributed by atoms with E-state index < -0.39 is 0 Å². The van der Waals surface area contributed by atoms with Gasteiger partial charge in [0.2, 0.25) is 0 Å². The highest BCUT2D eigenvalue weighted by molar-refractivity contribution is 6.30. The van der Waals surface area contributed by atoms with Crippen LogP contribution in [0.3, 0.4) is 0 Å². The molecule has 4 heteroatoms. The van der Waals surface area contributed by atoms with E-state index >= 15 is 0 Å². The van der Waals surface area contributed by atoms with Gasteiger partial charge in [-0.1, -0.05) is 41.9 Å². The lowest BCUT2D eigenvalue weighted by molar-refractivity contribution is 0.310. The molecule has 0 heterocycles. The molecule has 1 unspecified atom stereocenters. The van der Waals surface area contributed by atoms with Crippen LogP contribution in [0.2, 0.25) is 5.02 Å². The monoisotopic (exact) mass is 306 g/mol. The lowest BCUT2D eigenvalue weighted by Gasteiger charge is -2.20. The predicted octanol–water partition coefficient (Wildman–Crippen LogP) is 4.00. The van der Waals surface area contributed by atoms with Gasteiger partial charge in [-0.05, 0) is 43.8 Å². The number of rotatable bonds is 6. The maximum atomic E-state index is 13.6. The van der Waals surface area contributed by atoms with E-state index in [9.17, 15) is 4.39 Å². The quantitative estimate of drug-likeness (QED) is 0.874. The number of halogens is 2. The van der Waals surface area contributed by atoms with Crippen LogP contribution in [0.4, 0.5) is 4.39 Å². The molecule has 0 amide bonds. The van der Waals surface area contributed by atoms with Crippen molar-refractivity contribution in [3.8, 4) is 0 Å². The predicted molar refractivity (Wildman–Crippen MR) is 85.7 cm³/mol. The van der Waals surface area contributed by atoms with Gasteiger partial charge in [0, 0.05) is 23.2 Å². The summed E-state index contributed by atoms with van der Waals surface area (Å²) in [6, 6.07) is 14.2. The molecule has 2 aromatic carbocycles. The summed E-state index contributed by atoms with van der Waals surface area (Å²) >= 11 is 5.97. The summed E-state index contributed by atoms with van der Waals surface area (Å²) in [6.07, 6.45) is 0.706. The Labute approximate surface area is 130 Å². The Morgan fingerprint density at radius 2 is 1.95 bits per heavy atom. The fourth-order valence-corrected chi connectivity index (χ4v) is 2.53. The molecule has 0 aliphatic carbocycles. The van der Waals surface area contributed by atoms with Crippen LogP contribution in [0, 0.1) is 5.82 Å². The van der Waals surface area contributed by atoms with E-state index in [-0.39, 0.29) is 11.9 Å². The van der Waals surface area contributed by atoms with Crippen molar-refractivity contribution in [1.29, 1.82) is 0 Å². The van der Waals surface area contributed by atoms with Crippen molar-refractivity contribution in [2.24, 2.45) is 5.73 Å². The Bertz CT molecular complexity index is 589. The molecule has 2 N–H and O–H groups in total. The van der Waals surface area contributed by atoms with E-state index in [0.29, 0.717) is 12.0 Å². The molecule has 1 atom stereocenters. The average molecular weight is 307 g/mol. The summed E-state index contributed by atoms with van der Waals surface area (Å²) in [5.41, 5.74) is 7.81. The van der Waals surface area contributed by atoms with E-state index in [2.05, 4.69) is 4.90 Å². The first-order valence-electron chi connectivity index (χ1n) is 6.99. The first-order valence-corrected chi connectivity index (χ1v) is 7.37. The average Bonchev–Trinajstić information content (AvgIpc) is 2.45. The van der Waals surface area contributed by atoms with Gasteiger partial charge >= 0.3 is 0 Å². The van der Waals surface area contributed by atoms with Gasteiger partial charge in [0.05, 0.1) is 0 Å². The zero-order valence-electron chi connectivity index (χ0n) is 12.1. The molecule has 0 bridgehead atoms. The molecule has 0 radical (unpaired) electrons. The summed E-state index contributed by atoms with van der Waals surface area (Å²) in [7, 11) is 2.02. The summed E-state index contributed by atoms with van der Waals surface area (Å²) in [5, 5.41) is 0.740. The third-order valence-corrected chi connectivity index (χ3v) is 3.70. The van der Waals surface area contributed by atoms with Gasteiger partial charge in [0.15, 0.2) is 0 Å². The van der Waals surface area contributed by atoms with Crippen molar-refractivity contribution in [3.63, 3.8) is 0 Å².